The molecule has 0 spiro atoms. The molecule has 0 radical (unpaired) electrons. The van der Waals surface area contributed by atoms with Gasteiger partial charge in [-0.05, 0) is 43.7 Å². The summed E-state index contributed by atoms with van der Waals surface area (Å²) < 4.78 is 0. The minimum Gasteiger partial charge on any atom is -0.480 e. The van der Waals surface area contributed by atoms with E-state index in [0.717, 1.165) is 5.56 Å². The molecule has 3 amide bonds. The van der Waals surface area contributed by atoms with Crippen LogP contribution in [0.25, 0.3) is 0 Å². The van der Waals surface area contributed by atoms with Crippen molar-refractivity contribution in [2.45, 2.75) is 70.1 Å². The van der Waals surface area contributed by atoms with Crippen LogP contribution in [0.15, 0.2) is 30.3 Å². The van der Waals surface area contributed by atoms with Gasteiger partial charge in [0.25, 0.3) is 0 Å². The first-order valence-corrected chi connectivity index (χ1v) is 11.8. The van der Waals surface area contributed by atoms with Crippen LogP contribution in [0.5, 0.6) is 0 Å². The lowest BCUT2D eigenvalue weighted by molar-refractivity contribution is -0.142. The predicted octanol–water partition coefficient (Wildman–Crippen LogP) is -0.737. The number of carboxylic acids is 1. The molecular formula is C24H39N5O6. The van der Waals surface area contributed by atoms with Crippen LogP contribution in [0.2, 0.25) is 0 Å². The highest BCUT2D eigenvalue weighted by Gasteiger charge is 2.30. The zero-order valence-corrected chi connectivity index (χ0v) is 20.4. The molecule has 0 aromatic heterocycles. The topological polar surface area (TPSA) is 197 Å². The fraction of sp³-hybridized carbons (Fsp3) is 0.583. The first-order valence-electron chi connectivity index (χ1n) is 11.8. The van der Waals surface area contributed by atoms with E-state index in [1.807, 2.05) is 19.9 Å². The molecule has 0 aliphatic rings. The summed E-state index contributed by atoms with van der Waals surface area (Å²) >= 11 is 0. The number of benzene rings is 1. The summed E-state index contributed by atoms with van der Waals surface area (Å²) in [7, 11) is 0. The van der Waals surface area contributed by atoms with E-state index in [4.69, 9.17) is 11.5 Å². The number of nitrogens with two attached hydrogens (primary N) is 2. The van der Waals surface area contributed by atoms with Gasteiger partial charge in [-0.25, -0.2) is 4.79 Å². The zero-order valence-electron chi connectivity index (χ0n) is 20.4. The molecule has 1 aromatic rings. The number of carbonyl (C=O) groups excluding carboxylic acids is 3. The van der Waals surface area contributed by atoms with Gasteiger partial charge in [-0.2, -0.15) is 0 Å². The van der Waals surface area contributed by atoms with E-state index in [1.165, 1.54) is 0 Å². The average Bonchev–Trinajstić information content (AvgIpc) is 2.81. The first-order chi connectivity index (χ1) is 16.6. The van der Waals surface area contributed by atoms with Crippen molar-refractivity contribution in [2.75, 3.05) is 13.2 Å². The smallest absolute Gasteiger partial charge is 0.326 e. The summed E-state index contributed by atoms with van der Waals surface area (Å²) in [5.41, 5.74) is 12.1. The molecule has 11 heteroatoms. The van der Waals surface area contributed by atoms with Gasteiger partial charge in [-0.1, -0.05) is 44.2 Å². The molecule has 4 unspecified atom stereocenters. The molecular weight excluding hydrogens is 454 g/mol. The molecule has 0 saturated carbocycles. The lowest BCUT2D eigenvalue weighted by Crippen LogP contribution is -2.58. The van der Waals surface area contributed by atoms with Crippen LogP contribution in [-0.4, -0.2) is 71.2 Å². The van der Waals surface area contributed by atoms with Crippen molar-refractivity contribution in [2.24, 2.45) is 17.4 Å². The Hall–Kier alpha value is -3.02. The summed E-state index contributed by atoms with van der Waals surface area (Å²) in [5.74, 6) is -3.12. The van der Waals surface area contributed by atoms with Crippen molar-refractivity contribution in [3.63, 3.8) is 0 Å². The molecule has 4 atom stereocenters. The third-order valence-corrected chi connectivity index (χ3v) is 5.35. The number of hydrogen-bond acceptors (Lipinski definition) is 7. The first kappa shape index (κ1) is 30.0. The van der Waals surface area contributed by atoms with Crippen LogP contribution in [-0.2, 0) is 25.6 Å². The van der Waals surface area contributed by atoms with Crippen molar-refractivity contribution in [1.29, 1.82) is 0 Å². The number of aliphatic hydroxyl groups is 1. The molecule has 9 N–H and O–H groups in total. The number of amides is 3. The van der Waals surface area contributed by atoms with Gasteiger partial charge in [0.15, 0.2) is 0 Å². The number of rotatable bonds is 16. The molecule has 196 valence electrons. The van der Waals surface area contributed by atoms with E-state index < -0.39 is 54.5 Å². The van der Waals surface area contributed by atoms with E-state index in [9.17, 15) is 29.4 Å². The Balaban J connectivity index is 2.93. The van der Waals surface area contributed by atoms with E-state index in [2.05, 4.69) is 16.0 Å². The number of nitrogens with one attached hydrogen (secondary N) is 3. The van der Waals surface area contributed by atoms with Crippen LogP contribution in [0.3, 0.4) is 0 Å². The Morgan fingerprint density at radius 2 is 1.46 bits per heavy atom. The van der Waals surface area contributed by atoms with Gasteiger partial charge < -0.3 is 37.6 Å². The van der Waals surface area contributed by atoms with Gasteiger partial charge >= 0.3 is 5.97 Å². The van der Waals surface area contributed by atoms with Crippen molar-refractivity contribution in [1.82, 2.24) is 16.0 Å². The highest BCUT2D eigenvalue weighted by atomic mass is 16.4. The molecule has 0 fully saturated rings. The molecule has 1 rings (SSSR count). The van der Waals surface area contributed by atoms with Gasteiger partial charge in [0, 0.05) is 6.42 Å². The zero-order chi connectivity index (χ0) is 26.4. The van der Waals surface area contributed by atoms with E-state index in [-0.39, 0.29) is 18.8 Å². The molecule has 0 aliphatic heterocycles. The van der Waals surface area contributed by atoms with Crippen LogP contribution in [0.4, 0.5) is 0 Å². The summed E-state index contributed by atoms with van der Waals surface area (Å²) in [5, 5.41) is 26.5. The second-order valence-electron chi connectivity index (χ2n) is 8.91. The van der Waals surface area contributed by atoms with Crippen LogP contribution < -0.4 is 27.4 Å². The third-order valence-electron chi connectivity index (χ3n) is 5.35. The van der Waals surface area contributed by atoms with Crippen LogP contribution in [0, 0.1) is 5.92 Å². The molecule has 1 aromatic carbocycles. The number of unbranched alkanes of at least 4 members (excludes halogenated alkanes) is 1. The Morgan fingerprint density at radius 1 is 0.886 bits per heavy atom. The Bertz CT molecular complexity index is 820. The van der Waals surface area contributed by atoms with Crippen molar-refractivity contribution in [3.8, 4) is 0 Å². The van der Waals surface area contributed by atoms with Gasteiger partial charge in [0.1, 0.15) is 18.1 Å². The number of carbonyl (C=O) groups is 4. The minimum absolute atomic E-state index is 0.128. The van der Waals surface area contributed by atoms with Gasteiger partial charge in [-0.3, -0.25) is 14.4 Å². The second kappa shape index (κ2) is 15.8. The standard InChI is InChI=1S/C24H39N5O6/c1-15(2)12-17(26)21(31)28-19(13-16-8-4-3-5-9-16)22(32)29-20(14-30)23(33)27-18(24(34)35)10-6-7-11-25/h3-5,8-9,15,17-20,30H,6-7,10-14,25-26H2,1-2H3,(H,27,33)(H,28,31)(H,29,32)(H,34,35). The Morgan fingerprint density at radius 3 is 2.00 bits per heavy atom. The summed E-state index contributed by atoms with van der Waals surface area (Å²) in [6.45, 7) is 3.48. The van der Waals surface area contributed by atoms with E-state index in [0.29, 0.717) is 25.8 Å². The van der Waals surface area contributed by atoms with E-state index >= 15 is 0 Å². The molecule has 0 heterocycles. The number of carboxylic acid groups (broad SMARTS) is 1. The maximum Gasteiger partial charge on any atom is 0.326 e. The summed E-state index contributed by atoms with van der Waals surface area (Å²) in [6.07, 6.45) is 1.80. The van der Waals surface area contributed by atoms with Crippen molar-refractivity contribution < 1.29 is 29.4 Å². The lowest BCUT2D eigenvalue weighted by atomic mass is 10.0. The second-order valence-corrected chi connectivity index (χ2v) is 8.91. The predicted molar refractivity (Wildman–Crippen MR) is 131 cm³/mol. The SMILES string of the molecule is CC(C)CC(N)C(=O)NC(Cc1ccccc1)C(=O)NC(CO)C(=O)NC(CCCCN)C(=O)O. The fourth-order valence-electron chi connectivity index (χ4n) is 3.44. The maximum atomic E-state index is 13.0. The molecule has 0 aliphatic carbocycles. The summed E-state index contributed by atoms with van der Waals surface area (Å²) in [4.78, 5) is 49.7. The average molecular weight is 494 g/mol. The quantitative estimate of drug-likeness (QED) is 0.146. The Kier molecular flexibility index (Phi) is 13.5. The highest BCUT2D eigenvalue weighted by molar-refractivity contribution is 5.94. The third kappa shape index (κ3) is 11.3. The highest BCUT2D eigenvalue weighted by Crippen LogP contribution is 2.07. The van der Waals surface area contributed by atoms with Gasteiger partial charge in [0.05, 0.1) is 12.6 Å². The molecule has 35 heavy (non-hydrogen) atoms. The van der Waals surface area contributed by atoms with Crippen LogP contribution in [0.1, 0.15) is 45.1 Å². The Labute approximate surface area is 206 Å². The largest absolute Gasteiger partial charge is 0.480 e. The fourth-order valence-corrected chi connectivity index (χ4v) is 3.44. The monoisotopic (exact) mass is 493 g/mol. The van der Waals surface area contributed by atoms with Gasteiger partial charge in [0.2, 0.25) is 17.7 Å². The number of aliphatic carboxylic acids is 1. The van der Waals surface area contributed by atoms with Gasteiger partial charge in [-0.15, -0.1) is 0 Å². The number of hydrogen-bond donors (Lipinski definition) is 7. The minimum atomic E-state index is -1.40. The summed E-state index contributed by atoms with van der Waals surface area (Å²) in [6, 6.07) is 4.49. The normalized spacial score (nSPS) is 14.5. The van der Waals surface area contributed by atoms with Crippen LogP contribution >= 0.6 is 0 Å². The maximum absolute atomic E-state index is 13.0. The van der Waals surface area contributed by atoms with Crippen molar-refractivity contribution in [3.05, 3.63) is 35.9 Å². The van der Waals surface area contributed by atoms with E-state index in [1.54, 1.807) is 24.3 Å². The molecule has 11 nitrogen and oxygen atoms in total. The number of aliphatic hydroxyl groups excluding tert-OH is 1. The molecule has 0 bridgehead atoms. The molecule has 0 saturated heterocycles. The van der Waals surface area contributed by atoms with Crippen molar-refractivity contribution >= 4 is 23.7 Å². The lowest BCUT2D eigenvalue weighted by Gasteiger charge is -2.25.